The molecule has 2 heterocycles. The van der Waals surface area contributed by atoms with E-state index in [4.69, 9.17) is 10.2 Å². The number of hydrogen-bond acceptors (Lipinski definition) is 4. The van der Waals surface area contributed by atoms with Gasteiger partial charge in [-0.3, -0.25) is 4.98 Å². The molecule has 0 saturated carbocycles. The van der Waals surface area contributed by atoms with Crippen molar-refractivity contribution in [1.29, 1.82) is 0 Å². The average molecular weight is 383 g/mol. The van der Waals surface area contributed by atoms with Gasteiger partial charge in [0.25, 0.3) is 0 Å². The normalized spacial score (nSPS) is 11.1. The summed E-state index contributed by atoms with van der Waals surface area (Å²) >= 11 is 6.93. The maximum Gasteiger partial charge on any atom is 0.227 e. The van der Waals surface area contributed by atoms with E-state index in [2.05, 4.69) is 41.8 Å². The van der Waals surface area contributed by atoms with Gasteiger partial charge in [0.2, 0.25) is 5.89 Å². The molecular weight excluding hydrogens is 374 g/mol. The van der Waals surface area contributed by atoms with Crippen LogP contribution in [0.15, 0.2) is 37.9 Å². The van der Waals surface area contributed by atoms with Gasteiger partial charge in [0, 0.05) is 28.0 Å². The Labute approximate surface area is 126 Å². The Morgan fingerprint density at radius 2 is 1.84 bits per heavy atom. The maximum absolute atomic E-state index is 6.01. The zero-order valence-corrected chi connectivity index (χ0v) is 13.1. The van der Waals surface area contributed by atoms with E-state index in [0.717, 1.165) is 31.2 Å². The minimum atomic E-state index is 0.554. The lowest BCUT2D eigenvalue weighted by Crippen LogP contribution is -1.92. The van der Waals surface area contributed by atoms with Gasteiger partial charge in [-0.25, -0.2) is 4.98 Å². The number of nitrogen functional groups attached to an aromatic ring is 1. The molecule has 0 fully saturated rings. The summed E-state index contributed by atoms with van der Waals surface area (Å²) in [6.07, 6.45) is 3.41. The van der Waals surface area contributed by atoms with E-state index < -0.39 is 0 Å². The van der Waals surface area contributed by atoms with Crippen molar-refractivity contribution in [1.82, 2.24) is 9.97 Å². The summed E-state index contributed by atoms with van der Waals surface area (Å²) in [6, 6.07) is 3.71. The zero-order valence-electron chi connectivity index (χ0n) is 9.95. The highest BCUT2D eigenvalue weighted by molar-refractivity contribution is 9.11. The third-order valence-corrected chi connectivity index (χ3v) is 4.73. The van der Waals surface area contributed by atoms with E-state index in [-0.39, 0.29) is 0 Å². The molecule has 0 aliphatic carbocycles. The first-order valence-corrected chi connectivity index (χ1v) is 7.12. The minimum absolute atomic E-state index is 0.554. The van der Waals surface area contributed by atoms with Gasteiger partial charge in [0.05, 0.1) is 10.2 Å². The fraction of sp³-hybridized carbons (Fsp3) is 0.0769. The van der Waals surface area contributed by atoms with Crippen molar-refractivity contribution in [2.45, 2.75) is 6.92 Å². The van der Waals surface area contributed by atoms with Crippen LogP contribution in [0, 0.1) is 6.92 Å². The Bertz CT molecular complexity index is 724. The summed E-state index contributed by atoms with van der Waals surface area (Å²) in [7, 11) is 0. The highest BCUT2D eigenvalue weighted by Gasteiger charge is 2.18. The van der Waals surface area contributed by atoms with Crippen molar-refractivity contribution in [2.24, 2.45) is 0 Å². The standard InChI is InChI=1S/C13H9Br2N3O/c1-6-8(14)10(16)9(15)11-12(6)19-13(18-11)7-2-4-17-5-3-7/h2-5H,16H2,1H3. The molecule has 0 saturated heterocycles. The van der Waals surface area contributed by atoms with Crippen LogP contribution in [0.1, 0.15) is 5.56 Å². The van der Waals surface area contributed by atoms with Gasteiger partial charge in [0.1, 0.15) is 5.52 Å². The molecule has 0 aliphatic heterocycles. The largest absolute Gasteiger partial charge is 0.436 e. The SMILES string of the molecule is Cc1c(Br)c(N)c(Br)c2nc(-c3ccncc3)oc12. The van der Waals surface area contributed by atoms with Crippen LogP contribution in [0.5, 0.6) is 0 Å². The quantitative estimate of drug-likeness (QED) is 0.637. The lowest BCUT2D eigenvalue weighted by molar-refractivity contribution is 0.617. The number of pyridine rings is 1. The zero-order chi connectivity index (χ0) is 13.6. The summed E-state index contributed by atoms with van der Waals surface area (Å²) in [5, 5.41) is 0. The van der Waals surface area contributed by atoms with Crippen molar-refractivity contribution in [3.05, 3.63) is 39.0 Å². The molecule has 0 unspecified atom stereocenters. The van der Waals surface area contributed by atoms with Gasteiger partial charge in [-0.05, 0) is 50.9 Å². The second-order valence-corrected chi connectivity index (χ2v) is 5.69. The number of halogens is 2. The molecule has 0 spiro atoms. The number of aromatic nitrogens is 2. The fourth-order valence-electron chi connectivity index (χ4n) is 1.87. The molecule has 19 heavy (non-hydrogen) atoms. The van der Waals surface area contributed by atoms with E-state index in [1.807, 2.05) is 19.1 Å². The number of rotatable bonds is 1. The summed E-state index contributed by atoms with van der Waals surface area (Å²) < 4.78 is 7.41. The summed E-state index contributed by atoms with van der Waals surface area (Å²) in [6.45, 7) is 1.94. The molecule has 0 radical (unpaired) electrons. The highest BCUT2D eigenvalue weighted by Crippen LogP contribution is 2.40. The van der Waals surface area contributed by atoms with Crippen LogP contribution in [0.2, 0.25) is 0 Å². The van der Waals surface area contributed by atoms with Crippen LogP contribution in [-0.4, -0.2) is 9.97 Å². The van der Waals surface area contributed by atoms with Gasteiger partial charge in [-0.1, -0.05) is 0 Å². The number of fused-ring (bicyclic) bond motifs is 1. The summed E-state index contributed by atoms with van der Waals surface area (Å²) in [5.41, 5.74) is 9.90. The van der Waals surface area contributed by atoms with E-state index in [0.29, 0.717) is 11.6 Å². The van der Waals surface area contributed by atoms with Gasteiger partial charge < -0.3 is 10.2 Å². The predicted molar refractivity (Wildman–Crippen MR) is 81.8 cm³/mol. The van der Waals surface area contributed by atoms with Crippen molar-refractivity contribution in [3.8, 4) is 11.5 Å². The molecule has 1 aromatic carbocycles. The van der Waals surface area contributed by atoms with E-state index >= 15 is 0 Å². The fourth-order valence-corrected chi connectivity index (χ4v) is 2.98. The number of oxazole rings is 1. The number of anilines is 1. The lowest BCUT2D eigenvalue weighted by atomic mass is 10.2. The Hall–Kier alpha value is -1.40. The van der Waals surface area contributed by atoms with Crippen LogP contribution < -0.4 is 5.73 Å². The molecule has 0 atom stereocenters. The summed E-state index contributed by atoms with van der Waals surface area (Å²) in [4.78, 5) is 8.49. The molecule has 0 amide bonds. The van der Waals surface area contributed by atoms with Gasteiger partial charge in [0.15, 0.2) is 5.58 Å². The highest BCUT2D eigenvalue weighted by atomic mass is 79.9. The second-order valence-electron chi connectivity index (χ2n) is 4.10. The third kappa shape index (κ3) is 1.95. The number of nitrogens with two attached hydrogens (primary N) is 1. The number of nitrogens with zero attached hydrogens (tertiary/aromatic N) is 2. The van der Waals surface area contributed by atoms with Gasteiger partial charge in [-0.15, -0.1) is 0 Å². The molecule has 3 rings (SSSR count). The number of aryl methyl sites for hydroxylation is 1. The maximum atomic E-state index is 6.01. The van der Waals surface area contributed by atoms with Crippen molar-refractivity contribution in [2.75, 3.05) is 5.73 Å². The second kappa shape index (κ2) is 4.61. The molecule has 0 bridgehead atoms. The van der Waals surface area contributed by atoms with Crippen LogP contribution in [0.3, 0.4) is 0 Å². The van der Waals surface area contributed by atoms with Crippen molar-refractivity contribution in [3.63, 3.8) is 0 Å². The van der Waals surface area contributed by atoms with E-state index in [9.17, 15) is 0 Å². The Morgan fingerprint density at radius 3 is 2.53 bits per heavy atom. The first-order valence-electron chi connectivity index (χ1n) is 5.53. The third-order valence-electron chi connectivity index (χ3n) is 2.91. The van der Waals surface area contributed by atoms with Crippen LogP contribution in [0.25, 0.3) is 22.6 Å². The van der Waals surface area contributed by atoms with Crippen LogP contribution >= 0.6 is 31.9 Å². The molecule has 2 aromatic heterocycles. The molecule has 2 N–H and O–H groups in total. The van der Waals surface area contributed by atoms with Crippen molar-refractivity contribution >= 4 is 48.6 Å². The molecule has 4 nitrogen and oxygen atoms in total. The monoisotopic (exact) mass is 381 g/mol. The molecular formula is C13H9Br2N3O. The Kier molecular flexibility index (Phi) is 3.06. The number of benzene rings is 1. The van der Waals surface area contributed by atoms with Gasteiger partial charge in [-0.2, -0.15) is 0 Å². The first-order chi connectivity index (χ1) is 9.09. The van der Waals surface area contributed by atoms with E-state index in [1.165, 1.54) is 0 Å². The van der Waals surface area contributed by atoms with Crippen LogP contribution in [-0.2, 0) is 0 Å². The molecule has 0 aliphatic rings. The minimum Gasteiger partial charge on any atom is -0.436 e. The smallest absolute Gasteiger partial charge is 0.227 e. The van der Waals surface area contributed by atoms with Crippen LogP contribution in [0.4, 0.5) is 5.69 Å². The summed E-state index contributed by atoms with van der Waals surface area (Å²) in [5.74, 6) is 0.554. The predicted octanol–water partition coefficient (Wildman–Crippen LogP) is 4.31. The Morgan fingerprint density at radius 1 is 1.16 bits per heavy atom. The van der Waals surface area contributed by atoms with Crippen molar-refractivity contribution < 1.29 is 4.42 Å². The lowest BCUT2D eigenvalue weighted by Gasteiger charge is -2.05. The number of hydrogen-bond donors (Lipinski definition) is 1. The first kappa shape index (κ1) is 12.6. The topological polar surface area (TPSA) is 64.9 Å². The molecule has 3 aromatic rings. The molecule has 6 heteroatoms. The Balaban J connectivity index is 2.33. The molecule has 96 valence electrons. The average Bonchev–Trinajstić information content (AvgIpc) is 2.89. The van der Waals surface area contributed by atoms with E-state index in [1.54, 1.807) is 12.4 Å². The van der Waals surface area contributed by atoms with Gasteiger partial charge >= 0.3 is 0 Å².